The Balaban J connectivity index is 2.87. The Morgan fingerprint density at radius 1 is 1.20 bits per heavy atom. The molecule has 1 atom stereocenters. The summed E-state index contributed by atoms with van der Waals surface area (Å²) in [6.07, 6.45) is 0.382. The second-order valence-corrected chi connectivity index (χ2v) is 4.04. The minimum absolute atomic E-state index is 0.0939. The zero-order valence-electron chi connectivity index (χ0n) is 9.35. The maximum atomic E-state index is 13.3. The van der Waals surface area contributed by atoms with Gasteiger partial charge in [-0.15, -0.1) is 0 Å². The van der Waals surface area contributed by atoms with Gasteiger partial charge in [-0.1, -0.05) is 19.9 Å². The second-order valence-electron chi connectivity index (χ2n) is 4.04. The molecule has 84 valence electrons. The Hall–Kier alpha value is -0.960. The third kappa shape index (κ3) is 2.99. The van der Waals surface area contributed by atoms with Crippen molar-refractivity contribution >= 4 is 0 Å². The summed E-state index contributed by atoms with van der Waals surface area (Å²) in [4.78, 5) is 0. The Morgan fingerprint density at radius 3 is 2.13 bits per heavy atom. The molecule has 1 rings (SSSR count). The third-order valence-electron chi connectivity index (χ3n) is 2.66. The van der Waals surface area contributed by atoms with Crippen LogP contribution < -0.4 is 5.32 Å². The first-order valence-electron chi connectivity index (χ1n) is 5.16. The summed E-state index contributed by atoms with van der Waals surface area (Å²) in [5.41, 5.74) is 0.172. The monoisotopic (exact) mass is 213 g/mol. The van der Waals surface area contributed by atoms with Crippen molar-refractivity contribution < 1.29 is 8.78 Å². The smallest absolute Gasteiger partial charge is 0.129 e. The first-order chi connectivity index (χ1) is 7.06. The van der Waals surface area contributed by atoms with Gasteiger partial charge < -0.3 is 5.32 Å². The Bertz CT molecular complexity index is 303. The molecule has 1 aromatic carbocycles. The molecule has 0 saturated carbocycles. The predicted molar refractivity (Wildman–Crippen MR) is 57.7 cm³/mol. The van der Waals surface area contributed by atoms with Crippen molar-refractivity contribution in [2.75, 3.05) is 7.05 Å². The molecular formula is C12H17F2N. The molecule has 0 bridgehead atoms. The number of hydrogen-bond donors (Lipinski definition) is 1. The fourth-order valence-corrected chi connectivity index (χ4v) is 1.62. The zero-order valence-corrected chi connectivity index (χ0v) is 9.35. The zero-order chi connectivity index (χ0) is 11.4. The van der Waals surface area contributed by atoms with Crippen LogP contribution in [-0.4, -0.2) is 13.1 Å². The van der Waals surface area contributed by atoms with Gasteiger partial charge >= 0.3 is 0 Å². The number of benzene rings is 1. The molecule has 0 heterocycles. The van der Waals surface area contributed by atoms with Crippen LogP contribution in [0.3, 0.4) is 0 Å². The molecule has 1 N–H and O–H groups in total. The lowest BCUT2D eigenvalue weighted by atomic mass is 9.96. The fourth-order valence-electron chi connectivity index (χ4n) is 1.62. The van der Waals surface area contributed by atoms with Gasteiger partial charge in [-0.2, -0.15) is 0 Å². The van der Waals surface area contributed by atoms with Gasteiger partial charge in [0.05, 0.1) is 0 Å². The normalized spacial score (nSPS) is 13.2. The molecule has 1 unspecified atom stereocenters. The van der Waals surface area contributed by atoms with E-state index in [0.717, 1.165) is 0 Å². The molecule has 0 amide bonds. The highest BCUT2D eigenvalue weighted by Gasteiger charge is 2.16. The van der Waals surface area contributed by atoms with Crippen molar-refractivity contribution in [2.24, 2.45) is 5.92 Å². The van der Waals surface area contributed by atoms with E-state index >= 15 is 0 Å². The maximum Gasteiger partial charge on any atom is 0.129 e. The van der Waals surface area contributed by atoms with Gasteiger partial charge in [0, 0.05) is 11.6 Å². The third-order valence-corrected chi connectivity index (χ3v) is 2.66. The van der Waals surface area contributed by atoms with Crippen LogP contribution in [0, 0.1) is 17.6 Å². The topological polar surface area (TPSA) is 12.0 Å². The average Bonchev–Trinajstić information content (AvgIpc) is 2.17. The Kier molecular flexibility index (Phi) is 4.21. The molecule has 0 fully saturated rings. The molecule has 0 aliphatic carbocycles. The van der Waals surface area contributed by atoms with Crippen LogP contribution in [0.2, 0.25) is 0 Å². The first kappa shape index (κ1) is 12.1. The van der Waals surface area contributed by atoms with Crippen LogP contribution >= 0.6 is 0 Å². The predicted octanol–water partition coefficient (Wildman–Crippen LogP) is 2.75. The van der Waals surface area contributed by atoms with Crippen molar-refractivity contribution in [3.63, 3.8) is 0 Å². The first-order valence-corrected chi connectivity index (χ1v) is 5.16. The summed E-state index contributed by atoms with van der Waals surface area (Å²) in [6.45, 7) is 4.06. The number of likely N-dealkylation sites (N-methyl/N-ethyl adjacent to an activating group) is 1. The second kappa shape index (κ2) is 5.21. The van der Waals surface area contributed by atoms with Crippen molar-refractivity contribution in [3.8, 4) is 0 Å². The Morgan fingerprint density at radius 2 is 1.73 bits per heavy atom. The van der Waals surface area contributed by atoms with Gasteiger partial charge in [0.25, 0.3) is 0 Å². The van der Waals surface area contributed by atoms with Crippen LogP contribution in [0.4, 0.5) is 8.78 Å². The van der Waals surface area contributed by atoms with Crippen molar-refractivity contribution in [3.05, 3.63) is 35.4 Å². The van der Waals surface area contributed by atoms with Crippen molar-refractivity contribution in [2.45, 2.75) is 26.3 Å². The number of nitrogens with one attached hydrogen (secondary N) is 1. The molecule has 1 nitrogen and oxygen atoms in total. The van der Waals surface area contributed by atoms with E-state index in [-0.39, 0.29) is 11.6 Å². The molecule has 0 aromatic heterocycles. The fraction of sp³-hybridized carbons (Fsp3) is 0.500. The largest absolute Gasteiger partial charge is 0.316 e. The van der Waals surface area contributed by atoms with Crippen LogP contribution in [0.15, 0.2) is 18.2 Å². The standard InChI is InChI=1S/C12H17F2N/c1-8(2)12(15-3)7-9-10(13)5-4-6-11(9)14/h4-6,8,12,15H,7H2,1-3H3. The van der Waals surface area contributed by atoms with Gasteiger partial charge in [0.1, 0.15) is 11.6 Å². The lowest BCUT2D eigenvalue weighted by Crippen LogP contribution is -2.33. The van der Waals surface area contributed by atoms with E-state index in [1.165, 1.54) is 18.2 Å². The molecule has 15 heavy (non-hydrogen) atoms. The van der Waals surface area contributed by atoms with Gasteiger partial charge in [-0.25, -0.2) is 8.78 Å². The molecular weight excluding hydrogens is 196 g/mol. The van der Waals surface area contributed by atoms with E-state index in [4.69, 9.17) is 0 Å². The Labute approximate surface area is 89.5 Å². The lowest BCUT2D eigenvalue weighted by Gasteiger charge is -2.20. The van der Waals surface area contributed by atoms with Crippen molar-refractivity contribution in [1.82, 2.24) is 5.32 Å². The van der Waals surface area contributed by atoms with Gasteiger partial charge in [0.2, 0.25) is 0 Å². The molecule has 0 saturated heterocycles. The number of hydrogen-bond acceptors (Lipinski definition) is 1. The minimum Gasteiger partial charge on any atom is -0.316 e. The van der Waals surface area contributed by atoms with Crippen LogP contribution in [0.1, 0.15) is 19.4 Å². The van der Waals surface area contributed by atoms with E-state index < -0.39 is 11.6 Å². The quantitative estimate of drug-likeness (QED) is 0.811. The van der Waals surface area contributed by atoms with E-state index in [1.54, 1.807) is 0 Å². The van der Waals surface area contributed by atoms with Gasteiger partial charge in [-0.3, -0.25) is 0 Å². The van der Waals surface area contributed by atoms with Crippen molar-refractivity contribution in [1.29, 1.82) is 0 Å². The summed E-state index contributed by atoms with van der Waals surface area (Å²) < 4.78 is 26.7. The minimum atomic E-state index is -0.462. The summed E-state index contributed by atoms with van der Waals surface area (Å²) in [5.74, 6) is -0.583. The summed E-state index contributed by atoms with van der Waals surface area (Å²) >= 11 is 0. The van der Waals surface area contributed by atoms with Crippen LogP contribution in [0.5, 0.6) is 0 Å². The summed E-state index contributed by atoms with van der Waals surface area (Å²) in [5, 5.41) is 3.07. The van der Waals surface area contributed by atoms with Crippen LogP contribution in [-0.2, 0) is 6.42 Å². The van der Waals surface area contributed by atoms with E-state index in [1.807, 2.05) is 20.9 Å². The lowest BCUT2D eigenvalue weighted by molar-refractivity contribution is 0.410. The SMILES string of the molecule is CNC(Cc1c(F)cccc1F)C(C)C. The summed E-state index contributed by atoms with van der Waals surface area (Å²) in [6, 6.07) is 4.07. The molecule has 3 heteroatoms. The molecule has 0 radical (unpaired) electrons. The molecule has 0 aliphatic rings. The highest BCUT2D eigenvalue weighted by Crippen LogP contribution is 2.16. The average molecular weight is 213 g/mol. The molecule has 0 aliphatic heterocycles. The summed E-state index contributed by atoms with van der Waals surface area (Å²) in [7, 11) is 1.81. The van der Waals surface area contributed by atoms with Crippen LogP contribution in [0.25, 0.3) is 0 Å². The van der Waals surface area contributed by atoms with E-state index in [0.29, 0.717) is 12.3 Å². The maximum absolute atomic E-state index is 13.3. The number of halogens is 2. The molecule has 0 spiro atoms. The molecule has 1 aromatic rings. The number of rotatable bonds is 4. The highest BCUT2D eigenvalue weighted by atomic mass is 19.1. The van der Waals surface area contributed by atoms with E-state index in [9.17, 15) is 8.78 Å². The van der Waals surface area contributed by atoms with E-state index in [2.05, 4.69) is 5.32 Å². The van der Waals surface area contributed by atoms with Gasteiger partial charge in [-0.05, 0) is 31.5 Å². The highest BCUT2D eigenvalue weighted by molar-refractivity contribution is 5.20. The van der Waals surface area contributed by atoms with Gasteiger partial charge in [0.15, 0.2) is 0 Å².